The fraction of sp³-hybridized carbons (Fsp3) is 0.625. The average Bonchev–Trinajstić information content (AvgIpc) is 2.58. The minimum Gasteiger partial charge on any atom is -0.486 e. The van der Waals surface area contributed by atoms with E-state index in [0.717, 1.165) is 44.8 Å². The summed E-state index contributed by atoms with van der Waals surface area (Å²) in [7, 11) is 0. The molecule has 3 nitrogen and oxygen atoms in total. The van der Waals surface area contributed by atoms with Crippen molar-refractivity contribution in [2.24, 2.45) is 0 Å². The van der Waals surface area contributed by atoms with E-state index >= 15 is 0 Å². The van der Waals surface area contributed by atoms with Gasteiger partial charge in [0, 0.05) is 50.6 Å². The molecule has 3 heteroatoms. The molecule has 0 aliphatic carbocycles. The summed E-state index contributed by atoms with van der Waals surface area (Å²) in [6.07, 6.45) is 2.24. The van der Waals surface area contributed by atoms with Crippen molar-refractivity contribution in [2.45, 2.75) is 44.9 Å². The number of piperidine rings is 1. The average molecular weight is 260 g/mol. The van der Waals surface area contributed by atoms with Crippen LogP contribution < -0.4 is 10.1 Å². The van der Waals surface area contributed by atoms with Gasteiger partial charge < -0.3 is 15.0 Å². The molecule has 0 radical (unpaired) electrons. The van der Waals surface area contributed by atoms with Crippen LogP contribution in [0.1, 0.15) is 32.3 Å². The molecule has 0 saturated carbocycles. The van der Waals surface area contributed by atoms with Gasteiger partial charge >= 0.3 is 0 Å². The Morgan fingerprint density at radius 3 is 2.68 bits per heavy atom. The van der Waals surface area contributed by atoms with E-state index in [1.807, 2.05) is 0 Å². The van der Waals surface area contributed by atoms with Crippen LogP contribution in [0.4, 0.5) is 0 Å². The SMILES string of the molecule is CC(C)N1CCC2(CC1)CNCc1ccccc1O2. The zero-order chi connectivity index (χ0) is 13.3. The fourth-order valence-corrected chi connectivity index (χ4v) is 3.17. The first-order valence-corrected chi connectivity index (χ1v) is 7.40. The third-order valence-electron chi connectivity index (χ3n) is 4.50. The van der Waals surface area contributed by atoms with Crippen molar-refractivity contribution in [1.29, 1.82) is 0 Å². The number of likely N-dealkylation sites (tertiary alicyclic amines) is 1. The number of hydrogen-bond donors (Lipinski definition) is 1. The molecule has 0 unspecified atom stereocenters. The van der Waals surface area contributed by atoms with Crippen molar-refractivity contribution < 1.29 is 4.74 Å². The molecule has 1 N–H and O–H groups in total. The lowest BCUT2D eigenvalue weighted by atomic mass is 9.90. The van der Waals surface area contributed by atoms with E-state index in [4.69, 9.17) is 4.74 Å². The van der Waals surface area contributed by atoms with Crippen LogP contribution in [0.25, 0.3) is 0 Å². The highest BCUT2D eigenvalue weighted by molar-refractivity contribution is 5.34. The van der Waals surface area contributed by atoms with Gasteiger partial charge in [-0.2, -0.15) is 0 Å². The summed E-state index contributed by atoms with van der Waals surface area (Å²) in [6, 6.07) is 9.07. The van der Waals surface area contributed by atoms with Crippen LogP contribution in [-0.2, 0) is 6.54 Å². The van der Waals surface area contributed by atoms with Crippen molar-refractivity contribution >= 4 is 0 Å². The van der Waals surface area contributed by atoms with Crippen LogP contribution in [-0.4, -0.2) is 36.2 Å². The van der Waals surface area contributed by atoms with Crippen LogP contribution in [0.5, 0.6) is 5.75 Å². The van der Waals surface area contributed by atoms with Crippen LogP contribution in [0.2, 0.25) is 0 Å². The number of fused-ring (bicyclic) bond motifs is 1. The Morgan fingerprint density at radius 2 is 1.95 bits per heavy atom. The Labute approximate surface area is 115 Å². The van der Waals surface area contributed by atoms with Gasteiger partial charge in [-0.05, 0) is 19.9 Å². The molecule has 2 aliphatic heterocycles. The maximum absolute atomic E-state index is 6.42. The summed E-state index contributed by atoms with van der Waals surface area (Å²) < 4.78 is 6.42. The number of nitrogens with zero attached hydrogens (tertiary/aromatic N) is 1. The smallest absolute Gasteiger partial charge is 0.124 e. The molecule has 0 aromatic heterocycles. The molecule has 1 aromatic carbocycles. The molecule has 0 atom stereocenters. The number of para-hydroxylation sites is 1. The van der Waals surface area contributed by atoms with Gasteiger partial charge in [-0.15, -0.1) is 0 Å². The van der Waals surface area contributed by atoms with E-state index in [1.54, 1.807) is 0 Å². The summed E-state index contributed by atoms with van der Waals surface area (Å²) in [5, 5.41) is 3.56. The monoisotopic (exact) mass is 260 g/mol. The van der Waals surface area contributed by atoms with E-state index < -0.39 is 0 Å². The number of ether oxygens (including phenoxy) is 1. The van der Waals surface area contributed by atoms with E-state index in [0.29, 0.717) is 6.04 Å². The normalized spacial score (nSPS) is 22.9. The number of rotatable bonds is 1. The van der Waals surface area contributed by atoms with Gasteiger partial charge in [-0.3, -0.25) is 0 Å². The number of benzene rings is 1. The van der Waals surface area contributed by atoms with Gasteiger partial charge in [0.05, 0.1) is 0 Å². The summed E-state index contributed by atoms with van der Waals surface area (Å²) in [6.45, 7) is 8.72. The second-order valence-electron chi connectivity index (χ2n) is 6.13. The van der Waals surface area contributed by atoms with Crippen LogP contribution in [0.15, 0.2) is 24.3 Å². The highest BCUT2D eigenvalue weighted by atomic mass is 16.5. The van der Waals surface area contributed by atoms with Gasteiger partial charge in [0.2, 0.25) is 0 Å². The summed E-state index contributed by atoms with van der Waals surface area (Å²) in [5.74, 6) is 1.07. The van der Waals surface area contributed by atoms with Gasteiger partial charge in [0.15, 0.2) is 0 Å². The van der Waals surface area contributed by atoms with Crippen molar-refractivity contribution in [3.05, 3.63) is 29.8 Å². The lowest BCUT2D eigenvalue weighted by Crippen LogP contribution is -2.53. The van der Waals surface area contributed by atoms with Crippen molar-refractivity contribution in [2.75, 3.05) is 19.6 Å². The Morgan fingerprint density at radius 1 is 1.21 bits per heavy atom. The Hall–Kier alpha value is -1.06. The van der Waals surface area contributed by atoms with Crippen molar-refractivity contribution in [3.8, 4) is 5.75 Å². The van der Waals surface area contributed by atoms with E-state index in [9.17, 15) is 0 Å². The summed E-state index contributed by atoms with van der Waals surface area (Å²) >= 11 is 0. The molecule has 0 amide bonds. The van der Waals surface area contributed by atoms with Crippen molar-refractivity contribution in [3.63, 3.8) is 0 Å². The molecule has 1 saturated heterocycles. The van der Waals surface area contributed by atoms with E-state index in [-0.39, 0.29) is 5.60 Å². The van der Waals surface area contributed by atoms with Gasteiger partial charge in [0.25, 0.3) is 0 Å². The Balaban J connectivity index is 1.76. The first kappa shape index (κ1) is 12.9. The van der Waals surface area contributed by atoms with Gasteiger partial charge in [0.1, 0.15) is 11.4 Å². The second kappa shape index (κ2) is 5.14. The molecule has 2 aliphatic rings. The third kappa shape index (κ3) is 2.63. The predicted octanol–water partition coefficient (Wildman–Crippen LogP) is 2.41. The first-order chi connectivity index (χ1) is 9.19. The second-order valence-corrected chi connectivity index (χ2v) is 6.13. The third-order valence-corrected chi connectivity index (χ3v) is 4.50. The standard InChI is InChI=1S/C16H24N2O/c1-13(2)18-9-7-16(8-10-18)12-17-11-14-5-3-4-6-15(14)19-16/h3-6,13,17H,7-12H2,1-2H3. The molecule has 104 valence electrons. The van der Waals surface area contributed by atoms with E-state index in [2.05, 4.69) is 48.3 Å². The summed E-state index contributed by atoms with van der Waals surface area (Å²) in [5.41, 5.74) is 1.28. The quantitative estimate of drug-likeness (QED) is 0.839. The zero-order valence-corrected chi connectivity index (χ0v) is 12.0. The highest BCUT2D eigenvalue weighted by Gasteiger charge is 2.38. The molecular formula is C16H24N2O. The topological polar surface area (TPSA) is 24.5 Å². The maximum Gasteiger partial charge on any atom is 0.124 e. The fourth-order valence-electron chi connectivity index (χ4n) is 3.17. The molecule has 1 spiro atoms. The first-order valence-electron chi connectivity index (χ1n) is 7.40. The van der Waals surface area contributed by atoms with Crippen LogP contribution in [0, 0.1) is 0 Å². The zero-order valence-electron chi connectivity index (χ0n) is 12.0. The largest absolute Gasteiger partial charge is 0.486 e. The minimum atomic E-state index is -0.00199. The molecule has 3 rings (SSSR count). The number of hydrogen-bond acceptors (Lipinski definition) is 3. The molecule has 2 heterocycles. The maximum atomic E-state index is 6.42. The van der Waals surface area contributed by atoms with E-state index in [1.165, 1.54) is 5.56 Å². The Bertz CT molecular complexity index is 436. The summed E-state index contributed by atoms with van der Waals surface area (Å²) in [4.78, 5) is 2.55. The highest BCUT2D eigenvalue weighted by Crippen LogP contribution is 2.33. The van der Waals surface area contributed by atoms with Crippen LogP contribution in [0.3, 0.4) is 0 Å². The minimum absolute atomic E-state index is 0.00199. The number of nitrogens with one attached hydrogen (secondary N) is 1. The van der Waals surface area contributed by atoms with Gasteiger partial charge in [-0.25, -0.2) is 0 Å². The van der Waals surface area contributed by atoms with Gasteiger partial charge in [-0.1, -0.05) is 18.2 Å². The van der Waals surface area contributed by atoms with Crippen molar-refractivity contribution in [1.82, 2.24) is 10.2 Å². The molecule has 0 bridgehead atoms. The lowest BCUT2D eigenvalue weighted by molar-refractivity contribution is -0.00204. The molecular weight excluding hydrogens is 236 g/mol. The molecule has 19 heavy (non-hydrogen) atoms. The Kier molecular flexibility index (Phi) is 3.50. The van der Waals surface area contributed by atoms with Crippen LogP contribution >= 0.6 is 0 Å². The molecule has 1 fully saturated rings. The predicted molar refractivity (Wildman–Crippen MR) is 77.5 cm³/mol. The lowest BCUT2D eigenvalue weighted by Gasteiger charge is -2.42. The molecule has 1 aromatic rings.